The molecule has 6 nitrogen and oxygen atoms in total. The summed E-state index contributed by atoms with van der Waals surface area (Å²) >= 11 is 3.46. The number of aliphatic carboxylic acids is 1. The molecular weight excluding hydrogens is 372 g/mol. The molecule has 1 aromatic heterocycles. The zero-order chi connectivity index (χ0) is 17.1. The van der Waals surface area contributed by atoms with Crippen LogP contribution in [0, 0.1) is 12.8 Å². The van der Waals surface area contributed by atoms with Crippen molar-refractivity contribution in [1.29, 1.82) is 0 Å². The standard InChI is InChI=1S/C17H19BrN4O2/c1-11-19-15(21-14-4-2-3-13(18)9-14)10-16(20-11)22-7-5-12(6-8-22)17(23)24/h2-4,9-10,12H,5-8H2,1H3,(H,23,24)(H,19,20,21). The van der Waals surface area contributed by atoms with Gasteiger partial charge >= 0.3 is 5.97 Å². The van der Waals surface area contributed by atoms with Gasteiger partial charge in [-0.1, -0.05) is 22.0 Å². The second kappa shape index (κ2) is 7.17. The number of rotatable bonds is 4. The molecule has 1 aliphatic heterocycles. The number of hydrogen-bond acceptors (Lipinski definition) is 5. The second-order valence-corrected chi connectivity index (χ2v) is 6.81. The summed E-state index contributed by atoms with van der Waals surface area (Å²) in [5, 5.41) is 12.4. The van der Waals surface area contributed by atoms with E-state index >= 15 is 0 Å². The molecule has 1 aromatic carbocycles. The van der Waals surface area contributed by atoms with Crippen LogP contribution in [0.15, 0.2) is 34.8 Å². The highest BCUT2D eigenvalue weighted by Crippen LogP contribution is 2.25. The molecule has 126 valence electrons. The molecule has 0 aliphatic carbocycles. The molecule has 0 bridgehead atoms. The van der Waals surface area contributed by atoms with Gasteiger partial charge in [-0.05, 0) is 38.0 Å². The number of anilines is 3. The summed E-state index contributed by atoms with van der Waals surface area (Å²) in [6, 6.07) is 9.79. The number of carbonyl (C=O) groups is 1. The normalized spacial score (nSPS) is 15.3. The van der Waals surface area contributed by atoms with Crippen molar-refractivity contribution in [3.05, 3.63) is 40.6 Å². The van der Waals surface area contributed by atoms with Crippen LogP contribution in [0.25, 0.3) is 0 Å². The van der Waals surface area contributed by atoms with Crippen molar-refractivity contribution in [3.63, 3.8) is 0 Å². The SMILES string of the molecule is Cc1nc(Nc2cccc(Br)c2)cc(N2CCC(C(=O)O)CC2)n1. The summed E-state index contributed by atoms with van der Waals surface area (Å²) in [5.74, 6) is 1.30. The van der Waals surface area contributed by atoms with E-state index in [2.05, 4.69) is 36.1 Å². The van der Waals surface area contributed by atoms with Crippen molar-refractivity contribution < 1.29 is 9.90 Å². The molecule has 0 saturated carbocycles. The first-order chi connectivity index (χ1) is 11.5. The number of nitrogens with one attached hydrogen (secondary N) is 1. The predicted octanol–water partition coefficient (Wildman–Crippen LogP) is 3.59. The fourth-order valence-corrected chi connectivity index (χ4v) is 3.25. The van der Waals surface area contributed by atoms with Gasteiger partial charge in [0.25, 0.3) is 0 Å². The molecule has 0 radical (unpaired) electrons. The minimum Gasteiger partial charge on any atom is -0.481 e. The number of piperidine rings is 1. The second-order valence-electron chi connectivity index (χ2n) is 5.89. The lowest BCUT2D eigenvalue weighted by Gasteiger charge is -2.31. The van der Waals surface area contributed by atoms with Gasteiger partial charge in [-0.3, -0.25) is 4.79 Å². The molecule has 3 rings (SSSR count). The van der Waals surface area contributed by atoms with Crippen LogP contribution >= 0.6 is 15.9 Å². The van der Waals surface area contributed by atoms with Crippen LogP contribution in [0.4, 0.5) is 17.3 Å². The zero-order valence-electron chi connectivity index (χ0n) is 13.4. The Hall–Kier alpha value is -2.15. The summed E-state index contributed by atoms with van der Waals surface area (Å²) in [7, 11) is 0. The molecule has 1 saturated heterocycles. The topological polar surface area (TPSA) is 78.4 Å². The summed E-state index contributed by atoms with van der Waals surface area (Å²) in [6.45, 7) is 3.26. The van der Waals surface area contributed by atoms with E-state index in [1.165, 1.54) is 0 Å². The minimum atomic E-state index is -0.703. The van der Waals surface area contributed by atoms with Crippen LogP contribution in [0.5, 0.6) is 0 Å². The Bertz CT molecular complexity index is 745. The molecule has 2 aromatic rings. The monoisotopic (exact) mass is 390 g/mol. The van der Waals surface area contributed by atoms with Crippen LogP contribution in [0.3, 0.4) is 0 Å². The summed E-state index contributed by atoms with van der Waals surface area (Å²) < 4.78 is 0.995. The Morgan fingerprint density at radius 2 is 2.04 bits per heavy atom. The highest BCUT2D eigenvalue weighted by Gasteiger charge is 2.25. The van der Waals surface area contributed by atoms with Crippen molar-refractivity contribution >= 4 is 39.2 Å². The highest BCUT2D eigenvalue weighted by atomic mass is 79.9. The van der Waals surface area contributed by atoms with Crippen molar-refractivity contribution in [3.8, 4) is 0 Å². The van der Waals surface area contributed by atoms with Gasteiger partial charge in [0.05, 0.1) is 5.92 Å². The van der Waals surface area contributed by atoms with E-state index in [4.69, 9.17) is 5.11 Å². The lowest BCUT2D eigenvalue weighted by Crippen LogP contribution is -2.36. The number of carboxylic acids is 1. The third-order valence-electron chi connectivity index (χ3n) is 4.09. The lowest BCUT2D eigenvalue weighted by molar-refractivity contribution is -0.142. The Labute approximate surface area is 149 Å². The average molecular weight is 391 g/mol. The van der Waals surface area contributed by atoms with E-state index in [-0.39, 0.29) is 5.92 Å². The van der Waals surface area contributed by atoms with Crippen LogP contribution in [0.2, 0.25) is 0 Å². The number of benzene rings is 1. The Balaban J connectivity index is 1.76. The van der Waals surface area contributed by atoms with E-state index < -0.39 is 5.97 Å². The van der Waals surface area contributed by atoms with E-state index in [1.54, 1.807) is 0 Å². The molecule has 0 atom stereocenters. The van der Waals surface area contributed by atoms with Crippen LogP contribution in [-0.2, 0) is 4.79 Å². The first-order valence-electron chi connectivity index (χ1n) is 7.87. The maximum absolute atomic E-state index is 11.1. The number of aryl methyl sites for hydroxylation is 1. The number of halogens is 1. The molecule has 1 fully saturated rings. The van der Waals surface area contributed by atoms with E-state index in [0.717, 1.165) is 21.8 Å². The largest absolute Gasteiger partial charge is 0.481 e. The summed E-state index contributed by atoms with van der Waals surface area (Å²) in [5.41, 5.74) is 0.943. The van der Waals surface area contributed by atoms with E-state index in [0.29, 0.717) is 31.8 Å². The molecule has 24 heavy (non-hydrogen) atoms. The van der Waals surface area contributed by atoms with Gasteiger partial charge in [-0.15, -0.1) is 0 Å². The molecule has 2 heterocycles. The minimum absolute atomic E-state index is 0.247. The van der Waals surface area contributed by atoms with Crippen molar-refractivity contribution in [2.24, 2.45) is 5.92 Å². The van der Waals surface area contributed by atoms with Crippen molar-refractivity contribution in [2.45, 2.75) is 19.8 Å². The van der Waals surface area contributed by atoms with Gasteiger partial charge in [-0.25, -0.2) is 9.97 Å². The Kier molecular flexibility index (Phi) is 4.99. The fraction of sp³-hybridized carbons (Fsp3) is 0.353. The number of carboxylic acid groups (broad SMARTS) is 1. The van der Waals surface area contributed by atoms with Gasteiger partial charge in [0.1, 0.15) is 17.5 Å². The zero-order valence-corrected chi connectivity index (χ0v) is 15.0. The summed E-state index contributed by atoms with van der Waals surface area (Å²) in [6.07, 6.45) is 1.29. The predicted molar refractivity (Wildman–Crippen MR) is 96.8 cm³/mol. The smallest absolute Gasteiger partial charge is 0.306 e. The van der Waals surface area contributed by atoms with Crippen molar-refractivity contribution in [2.75, 3.05) is 23.3 Å². The lowest BCUT2D eigenvalue weighted by atomic mass is 9.97. The van der Waals surface area contributed by atoms with Crippen LogP contribution in [-0.4, -0.2) is 34.1 Å². The van der Waals surface area contributed by atoms with Crippen LogP contribution in [0.1, 0.15) is 18.7 Å². The summed E-state index contributed by atoms with van der Waals surface area (Å²) in [4.78, 5) is 22.1. The van der Waals surface area contributed by atoms with E-state index in [1.807, 2.05) is 37.3 Å². The number of hydrogen-bond donors (Lipinski definition) is 2. The first kappa shape index (κ1) is 16.7. The average Bonchev–Trinajstić information content (AvgIpc) is 2.54. The van der Waals surface area contributed by atoms with Crippen molar-refractivity contribution in [1.82, 2.24) is 9.97 Å². The molecule has 2 N–H and O–H groups in total. The quantitative estimate of drug-likeness (QED) is 0.830. The van der Waals surface area contributed by atoms with Gasteiger partial charge in [0.15, 0.2) is 0 Å². The fourth-order valence-electron chi connectivity index (χ4n) is 2.85. The number of aromatic nitrogens is 2. The number of nitrogens with zero attached hydrogens (tertiary/aromatic N) is 3. The maximum atomic E-state index is 11.1. The molecule has 0 amide bonds. The molecule has 1 aliphatic rings. The third kappa shape index (κ3) is 4.03. The Morgan fingerprint density at radius 1 is 1.29 bits per heavy atom. The molecule has 0 spiro atoms. The molecule has 0 unspecified atom stereocenters. The first-order valence-corrected chi connectivity index (χ1v) is 8.66. The van der Waals surface area contributed by atoms with Gasteiger partial charge in [0, 0.05) is 29.3 Å². The van der Waals surface area contributed by atoms with Gasteiger partial charge < -0.3 is 15.3 Å². The maximum Gasteiger partial charge on any atom is 0.306 e. The third-order valence-corrected chi connectivity index (χ3v) is 4.58. The molecule has 7 heteroatoms. The molecular formula is C17H19BrN4O2. The van der Waals surface area contributed by atoms with E-state index in [9.17, 15) is 4.79 Å². The van der Waals surface area contributed by atoms with Gasteiger partial charge in [-0.2, -0.15) is 0 Å². The highest BCUT2D eigenvalue weighted by molar-refractivity contribution is 9.10. The Morgan fingerprint density at radius 3 is 2.71 bits per heavy atom. The van der Waals surface area contributed by atoms with Gasteiger partial charge in [0.2, 0.25) is 0 Å². The van der Waals surface area contributed by atoms with Crippen LogP contribution < -0.4 is 10.2 Å².